The monoisotopic (exact) mass is 369 g/mol. The molecule has 0 spiro atoms. The van der Waals surface area contributed by atoms with Gasteiger partial charge in [-0.05, 0) is 29.3 Å². The first kappa shape index (κ1) is 14.7. The molecule has 2 aromatic carbocycles. The zero-order chi connectivity index (χ0) is 15.5. The molecule has 1 amide bonds. The van der Waals surface area contributed by atoms with Gasteiger partial charge >= 0.3 is 0 Å². The van der Waals surface area contributed by atoms with Gasteiger partial charge < -0.3 is 0 Å². The fraction of sp³-hybridized carbons (Fsp3) is 0.188. The number of hydrogen-bond acceptors (Lipinski definition) is 2. The third-order valence-electron chi connectivity index (χ3n) is 4.12. The third kappa shape index (κ3) is 1.68. The molecular weight excluding hydrogens is 361 g/mol. The summed E-state index contributed by atoms with van der Waals surface area (Å²) in [5.74, 6) is 0.453. The molecule has 112 valence electrons. The summed E-state index contributed by atoms with van der Waals surface area (Å²) < 4.78 is -1.49. The van der Waals surface area contributed by atoms with Crippen LogP contribution in [0, 0.1) is 0 Å². The molecule has 1 saturated heterocycles. The molecule has 0 saturated carbocycles. The number of anilines is 1. The Balaban J connectivity index is 1.93. The molecule has 0 unspecified atom stereocenters. The fourth-order valence-corrected chi connectivity index (χ4v) is 5.55. The number of benzene rings is 2. The Morgan fingerprint density at radius 1 is 1.05 bits per heavy atom. The Kier molecular flexibility index (Phi) is 3.22. The number of para-hydroxylation sites is 1. The van der Waals surface area contributed by atoms with Crippen LogP contribution in [0.4, 0.5) is 5.69 Å². The van der Waals surface area contributed by atoms with E-state index in [9.17, 15) is 4.79 Å². The van der Waals surface area contributed by atoms with Crippen molar-refractivity contribution >= 4 is 58.2 Å². The molecule has 22 heavy (non-hydrogen) atoms. The number of nitrogens with zero attached hydrogens (tertiary/aromatic N) is 1. The van der Waals surface area contributed by atoms with Crippen LogP contribution in [0.15, 0.2) is 48.5 Å². The van der Waals surface area contributed by atoms with E-state index in [-0.39, 0.29) is 5.91 Å². The summed E-state index contributed by atoms with van der Waals surface area (Å²) in [5.41, 5.74) is 2.85. The van der Waals surface area contributed by atoms with Gasteiger partial charge in [-0.2, -0.15) is 0 Å². The predicted octanol–water partition coefficient (Wildman–Crippen LogP) is 4.96. The van der Waals surface area contributed by atoms with Crippen LogP contribution in [-0.2, 0) is 15.4 Å². The molecule has 2 nitrogen and oxygen atoms in total. The Labute approximate surface area is 147 Å². The van der Waals surface area contributed by atoms with E-state index in [2.05, 4.69) is 0 Å². The van der Waals surface area contributed by atoms with Crippen molar-refractivity contribution in [1.82, 2.24) is 0 Å². The van der Waals surface area contributed by atoms with Crippen LogP contribution in [0.3, 0.4) is 0 Å². The second kappa shape index (κ2) is 4.81. The Morgan fingerprint density at radius 3 is 2.45 bits per heavy atom. The lowest BCUT2D eigenvalue weighted by molar-refractivity contribution is -0.126. The SMILES string of the molecule is O=C1N2c3ccccc3CS[C@@]2(c2ccc(Cl)cc2)C1(Cl)Cl. The van der Waals surface area contributed by atoms with Gasteiger partial charge in [-0.1, -0.05) is 65.1 Å². The molecule has 2 heterocycles. The first-order valence-electron chi connectivity index (χ1n) is 6.69. The molecule has 0 bridgehead atoms. The Hall–Kier alpha value is -0.870. The van der Waals surface area contributed by atoms with Crippen LogP contribution in [-0.4, -0.2) is 10.2 Å². The van der Waals surface area contributed by atoms with Gasteiger partial charge in [0.25, 0.3) is 5.91 Å². The van der Waals surface area contributed by atoms with Gasteiger partial charge in [-0.15, -0.1) is 11.8 Å². The zero-order valence-corrected chi connectivity index (χ0v) is 14.3. The lowest BCUT2D eigenvalue weighted by atomic mass is 9.89. The van der Waals surface area contributed by atoms with E-state index >= 15 is 0 Å². The largest absolute Gasteiger partial charge is 0.286 e. The molecule has 1 atom stereocenters. The molecule has 4 rings (SSSR count). The number of fused-ring (bicyclic) bond motifs is 3. The summed E-state index contributed by atoms with van der Waals surface area (Å²) in [6, 6.07) is 15.2. The van der Waals surface area contributed by atoms with Gasteiger partial charge in [-0.25, -0.2) is 0 Å². The van der Waals surface area contributed by atoms with Crippen molar-refractivity contribution in [3.05, 3.63) is 64.7 Å². The lowest BCUT2D eigenvalue weighted by Gasteiger charge is -2.61. The molecule has 2 aliphatic heterocycles. The van der Waals surface area contributed by atoms with Crippen LogP contribution >= 0.6 is 46.6 Å². The Morgan fingerprint density at radius 2 is 1.73 bits per heavy atom. The van der Waals surface area contributed by atoms with E-state index in [1.54, 1.807) is 28.8 Å². The second-order valence-electron chi connectivity index (χ2n) is 5.28. The highest BCUT2D eigenvalue weighted by molar-refractivity contribution is 8.00. The first-order chi connectivity index (χ1) is 10.5. The number of hydrogen-bond donors (Lipinski definition) is 0. The summed E-state index contributed by atoms with van der Waals surface area (Å²) in [7, 11) is 0. The van der Waals surface area contributed by atoms with Crippen molar-refractivity contribution in [2.75, 3.05) is 4.90 Å². The van der Waals surface area contributed by atoms with Crippen LogP contribution in [0.1, 0.15) is 11.1 Å². The second-order valence-corrected chi connectivity index (χ2v) is 8.22. The number of β-lactam (4-membered cyclic amide) rings is 1. The highest BCUT2D eigenvalue weighted by atomic mass is 35.5. The minimum atomic E-state index is -1.49. The topological polar surface area (TPSA) is 20.3 Å². The van der Waals surface area contributed by atoms with Gasteiger partial charge in [0.2, 0.25) is 4.33 Å². The van der Waals surface area contributed by atoms with E-state index in [4.69, 9.17) is 34.8 Å². The highest BCUT2D eigenvalue weighted by Gasteiger charge is 2.73. The molecule has 0 aromatic heterocycles. The number of halogens is 3. The zero-order valence-electron chi connectivity index (χ0n) is 11.2. The van der Waals surface area contributed by atoms with E-state index in [0.717, 1.165) is 22.6 Å². The average molecular weight is 371 g/mol. The molecule has 0 N–H and O–H groups in total. The molecular formula is C16H10Cl3NOS. The van der Waals surface area contributed by atoms with E-state index < -0.39 is 9.20 Å². The predicted molar refractivity (Wildman–Crippen MR) is 92.8 cm³/mol. The normalized spacial score (nSPS) is 25.2. The van der Waals surface area contributed by atoms with E-state index in [1.165, 1.54) is 0 Å². The molecule has 0 aliphatic carbocycles. The van der Waals surface area contributed by atoms with Crippen LogP contribution < -0.4 is 4.90 Å². The van der Waals surface area contributed by atoms with Gasteiger partial charge in [0, 0.05) is 16.5 Å². The third-order valence-corrected chi connectivity index (χ3v) is 7.06. The number of amides is 1. The van der Waals surface area contributed by atoms with Crippen molar-refractivity contribution < 1.29 is 4.79 Å². The Bertz CT molecular complexity index is 777. The van der Waals surface area contributed by atoms with Crippen molar-refractivity contribution in [2.45, 2.75) is 15.0 Å². The standard InChI is InChI=1S/C16H10Cl3NOS/c17-12-7-5-11(6-8-12)16-15(18,19)14(21)20(16)13-4-2-1-3-10(13)9-22-16/h1-8H,9H2/t16-/m0/s1. The molecule has 0 radical (unpaired) electrons. The quantitative estimate of drug-likeness (QED) is 0.522. The highest BCUT2D eigenvalue weighted by Crippen LogP contribution is 2.66. The van der Waals surface area contributed by atoms with Gasteiger partial charge in [0.05, 0.1) is 0 Å². The number of carbonyl (C=O) groups is 1. The van der Waals surface area contributed by atoms with E-state index in [1.807, 2.05) is 36.4 Å². The summed E-state index contributed by atoms with van der Waals surface area (Å²) in [4.78, 5) is 13.4. The molecule has 6 heteroatoms. The fourth-order valence-electron chi connectivity index (χ4n) is 3.05. The number of alkyl halides is 2. The minimum absolute atomic E-state index is 0.287. The average Bonchev–Trinajstić information content (AvgIpc) is 2.53. The van der Waals surface area contributed by atoms with Crippen LogP contribution in [0.25, 0.3) is 0 Å². The van der Waals surface area contributed by atoms with Crippen LogP contribution in [0.5, 0.6) is 0 Å². The van der Waals surface area contributed by atoms with Crippen LogP contribution in [0.2, 0.25) is 5.02 Å². The minimum Gasteiger partial charge on any atom is -0.286 e. The van der Waals surface area contributed by atoms with Crippen molar-refractivity contribution in [2.24, 2.45) is 0 Å². The summed E-state index contributed by atoms with van der Waals surface area (Å²) >= 11 is 20.4. The smallest absolute Gasteiger partial charge is 0.268 e. The van der Waals surface area contributed by atoms with Gasteiger partial charge in [0.15, 0.2) is 4.87 Å². The molecule has 1 fully saturated rings. The van der Waals surface area contributed by atoms with Gasteiger partial charge in [0.1, 0.15) is 0 Å². The summed E-state index contributed by atoms with van der Waals surface area (Å²) in [6.45, 7) is 0. The molecule has 2 aromatic rings. The summed E-state index contributed by atoms with van der Waals surface area (Å²) in [6.07, 6.45) is 0. The maximum Gasteiger partial charge on any atom is 0.268 e. The van der Waals surface area contributed by atoms with Crippen molar-refractivity contribution in [3.63, 3.8) is 0 Å². The lowest BCUT2D eigenvalue weighted by Crippen LogP contribution is -2.75. The first-order valence-corrected chi connectivity index (χ1v) is 8.81. The maximum atomic E-state index is 12.5. The number of thioether (sulfide) groups is 1. The number of carbonyl (C=O) groups excluding carboxylic acids is 1. The van der Waals surface area contributed by atoms with Crippen molar-refractivity contribution in [1.29, 1.82) is 0 Å². The van der Waals surface area contributed by atoms with Crippen molar-refractivity contribution in [3.8, 4) is 0 Å². The maximum absolute atomic E-state index is 12.5. The van der Waals surface area contributed by atoms with Gasteiger partial charge in [-0.3, -0.25) is 9.69 Å². The van der Waals surface area contributed by atoms with E-state index in [0.29, 0.717) is 5.02 Å². The number of rotatable bonds is 1. The molecule has 2 aliphatic rings. The summed E-state index contributed by atoms with van der Waals surface area (Å²) in [5, 5.41) is 0.633.